The van der Waals surface area contributed by atoms with Gasteiger partial charge in [-0.2, -0.15) is 0 Å². The number of aryl methyl sites for hydroxylation is 1. The zero-order chi connectivity index (χ0) is 10.2. The molecule has 0 saturated heterocycles. The van der Waals surface area contributed by atoms with Gasteiger partial charge in [0.1, 0.15) is 5.82 Å². The fourth-order valence-electron chi connectivity index (χ4n) is 1.06. The third kappa shape index (κ3) is 1.96. The molecule has 1 aromatic rings. The predicted molar refractivity (Wildman–Crippen MR) is 44.9 cm³/mol. The molecule has 0 nitrogen and oxygen atoms in total. The Morgan fingerprint density at radius 1 is 1.23 bits per heavy atom. The van der Waals surface area contributed by atoms with Crippen LogP contribution >= 0.6 is 11.6 Å². The van der Waals surface area contributed by atoms with Gasteiger partial charge >= 0.3 is 6.98 Å². The Kier molecular flexibility index (Phi) is 2.57. The Morgan fingerprint density at radius 2 is 1.77 bits per heavy atom. The highest BCUT2D eigenvalue weighted by molar-refractivity contribution is 6.76. The molecule has 0 N–H and O–H groups in total. The molecule has 0 heterocycles. The first-order valence-corrected chi connectivity index (χ1v) is 3.86. The van der Waals surface area contributed by atoms with Crippen LogP contribution in [0.15, 0.2) is 12.1 Å². The van der Waals surface area contributed by atoms with E-state index in [1.165, 1.54) is 6.92 Å². The molecule has 0 aliphatic heterocycles. The number of rotatable bonds is 1. The minimum absolute atomic E-state index is 0.0566. The van der Waals surface area contributed by atoms with Gasteiger partial charge in [-0.15, -0.1) is 0 Å². The molecule has 0 bridgehead atoms. The van der Waals surface area contributed by atoms with Crippen molar-refractivity contribution in [3.05, 3.63) is 28.5 Å². The molecule has 0 saturated carbocycles. The van der Waals surface area contributed by atoms with E-state index in [0.29, 0.717) is 0 Å². The summed E-state index contributed by atoms with van der Waals surface area (Å²) in [5.74, 6) is -1.04. The van der Waals surface area contributed by atoms with Crippen LogP contribution < -0.4 is 5.46 Å². The molecule has 6 heteroatoms. The van der Waals surface area contributed by atoms with E-state index in [4.69, 9.17) is 11.6 Å². The summed E-state index contributed by atoms with van der Waals surface area (Å²) in [6.45, 7) is -4.00. The predicted octanol–water partition coefficient (Wildman–Crippen LogP) is 2.84. The molecule has 0 amide bonds. The minimum atomic E-state index is -5.25. The zero-order valence-corrected chi connectivity index (χ0v) is 7.38. The smallest absolute Gasteiger partial charge is 0.445 e. The first-order valence-electron chi connectivity index (χ1n) is 3.48. The number of benzene rings is 1. The quantitative estimate of drug-likeness (QED) is 0.495. The van der Waals surface area contributed by atoms with Crippen molar-refractivity contribution in [2.45, 2.75) is 6.92 Å². The SMILES string of the molecule is Cc1ccc(F)c(Cl)c1[B-](F)(F)F. The second kappa shape index (κ2) is 3.22. The monoisotopic (exact) mass is 211 g/mol. The van der Waals surface area contributed by atoms with E-state index in [-0.39, 0.29) is 5.56 Å². The van der Waals surface area contributed by atoms with Crippen molar-refractivity contribution in [3.63, 3.8) is 0 Å². The van der Waals surface area contributed by atoms with Crippen LogP contribution in [0.5, 0.6) is 0 Å². The van der Waals surface area contributed by atoms with E-state index in [9.17, 15) is 17.3 Å². The second-order valence-corrected chi connectivity index (χ2v) is 3.04. The lowest BCUT2D eigenvalue weighted by atomic mass is 9.77. The Morgan fingerprint density at radius 3 is 2.15 bits per heavy atom. The van der Waals surface area contributed by atoms with Gasteiger partial charge in [0.25, 0.3) is 0 Å². The van der Waals surface area contributed by atoms with E-state index in [1.54, 1.807) is 0 Å². The first kappa shape index (κ1) is 10.4. The third-order valence-corrected chi connectivity index (χ3v) is 2.06. The van der Waals surface area contributed by atoms with Gasteiger partial charge in [-0.25, -0.2) is 4.39 Å². The highest BCUT2D eigenvalue weighted by Crippen LogP contribution is 2.21. The normalized spacial score (nSPS) is 11.8. The Labute approximate surface area is 77.6 Å². The Balaban J connectivity index is 3.43. The van der Waals surface area contributed by atoms with Gasteiger partial charge in [-0.1, -0.05) is 28.7 Å². The lowest BCUT2D eigenvalue weighted by Crippen LogP contribution is -2.37. The van der Waals surface area contributed by atoms with Crippen molar-refractivity contribution in [2.75, 3.05) is 0 Å². The van der Waals surface area contributed by atoms with Crippen molar-refractivity contribution < 1.29 is 17.3 Å². The van der Waals surface area contributed by atoms with Crippen LogP contribution in [0.1, 0.15) is 5.56 Å². The molecule has 0 radical (unpaired) electrons. The number of halogens is 5. The van der Waals surface area contributed by atoms with E-state index in [0.717, 1.165) is 12.1 Å². The zero-order valence-electron chi connectivity index (χ0n) is 6.62. The molecule has 0 aromatic heterocycles. The summed E-state index contributed by atoms with van der Waals surface area (Å²) in [6, 6.07) is 1.98. The van der Waals surface area contributed by atoms with Gasteiger partial charge in [0.15, 0.2) is 0 Å². The van der Waals surface area contributed by atoms with Gasteiger partial charge in [0.2, 0.25) is 0 Å². The largest absolute Gasteiger partial charge is 0.511 e. The minimum Gasteiger partial charge on any atom is -0.445 e. The highest BCUT2D eigenvalue weighted by Gasteiger charge is 2.30. The number of hydrogen-bond donors (Lipinski definition) is 0. The van der Waals surface area contributed by atoms with E-state index in [1.807, 2.05) is 0 Å². The molecule has 0 aliphatic rings. The maximum atomic E-state index is 12.7. The molecule has 0 aliphatic carbocycles. The summed E-state index contributed by atoms with van der Waals surface area (Å²) >= 11 is 5.20. The number of hydrogen-bond acceptors (Lipinski definition) is 0. The average Bonchev–Trinajstić information content (AvgIpc) is 1.95. The van der Waals surface area contributed by atoms with E-state index >= 15 is 0 Å². The molecular formula is C7H5BClF4-. The summed E-state index contributed by atoms with van der Waals surface area (Å²) in [4.78, 5) is 0. The summed E-state index contributed by atoms with van der Waals surface area (Å²) in [5.41, 5.74) is -1.10. The van der Waals surface area contributed by atoms with E-state index < -0.39 is 23.3 Å². The van der Waals surface area contributed by atoms with Gasteiger partial charge in [-0.05, 0) is 13.0 Å². The molecule has 1 rings (SSSR count). The third-order valence-electron chi connectivity index (χ3n) is 1.68. The molecule has 1 aromatic carbocycles. The average molecular weight is 211 g/mol. The van der Waals surface area contributed by atoms with Crippen molar-refractivity contribution in [1.82, 2.24) is 0 Å². The van der Waals surface area contributed by atoms with E-state index in [2.05, 4.69) is 0 Å². The van der Waals surface area contributed by atoms with Crippen molar-refractivity contribution in [1.29, 1.82) is 0 Å². The molecule has 72 valence electrons. The lowest BCUT2D eigenvalue weighted by Gasteiger charge is -2.19. The van der Waals surface area contributed by atoms with Crippen LogP contribution in [0.25, 0.3) is 0 Å². The topological polar surface area (TPSA) is 0 Å². The summed E-state index contributed by atoms with van der Waals surface area (Å²) < 4.78 is 49.6. The van der Waals surface area contributed by atoms with Gasteiger partial charge in [0.05, 0.1) is 0 Å². The van der Waals surface area contributed by atoms with Crippen molar-refractivity contribution >= 4 is 24.0 Å². The van der Waals surface area contributed by atoms with Crippen LogP contribution in [0.4, 0.5) is 17.3 Å². The molecule has 0 unspecified atom stereocenters. The fourth-order valence-corrected chi connectivity index (χ4v) is 1.40. The van der Waals surface area contributed by atoms with Gasteiger partial charge in [-0.3, -0.25) is 0 Å². The maximum absolute atomic E-state index is 12.7. The maximum Gasteiger partial charge on any atom is 0.511 e. The van der Waals surface area contributed by atoms with Crippen LogP contribution in [0.2, 0.25) is 5.02 Å². The Hall–Kier alpha value is -0.705. The molecule has 13 heavy (non-hydrogen) atoms. The van der Waals surface area contributed by atoms with Crippen LogP contribution in [-0.4, -0.2) is 6.98 Å². The molecule has 0 atom stereocenters. The van der Waals surface area contributed by atoms with Crippen molar-refractivity contribution in [2.24, 2.45) is 0 Å². The summed E-state index contributed by atoms with van der Waals surface area (Å²) in [7, 11) is 0. The standard InChI is InChI=1S/C7H5BClF4/c1-4-2-3-5(10)7(9)6(4)8(11,12)13/h2-3H,1H3/q-1. The molecule has 0 fully saturated rings. The van der Waals surface area contributed by atoms with Gasteiger partial charge < -0.3 is 12.9 Å². The lowest BCUT2D eigenvalue weighted by molar-refractivity contribution is 0.499. The highest BCUT2D eigenvalue weighted by atomic mass is 35.5. The Bertz CT molecular complexity index is 334. The van der Waals surface area contributed by atoms with Crippen molar-refractivity contribution in [3.8, 4) is 0 Å². The van der Waals surface area contributed by atoms with Crippen LogP contribution in [-0.2, 0) is 0 Å². The van der Waals surface area contributed by atoms with Crippen LogP contribution in [0.3, 0.4) is 0 Å². The summed E-state index contributed by atoms with van der Waals surface area (Å²) in [6.07, 6.45) is 0. The van der Waals surface area contributed by atoms with Crippen LogP contribution in [0, 0.1) is 12.7 Å². The molecular weight excluding hydrogens is 206 g/mol. The first-order chi connectivity index (χ1) is 5.84. The second-order valence-electron chi connectivity index (χ2n) is 2.67. The summed E-state index contributed by atoms with van der Waals surface area (Å²) in [5, 5.41) is -0.840. The molecule has 0 spiro atoms. The fraction of sp³-hybridized carbons (Fsp3) is 0.143. The van der Waals surface area contributed by atoms with Gasteiger partial charge in [0, 0.05) is 5.02 Å².